The van der Waals surface area contributed by atoms with Crippen LogP contribution in [0, 0.1) is 0 Å². The summed E-state index contributed by atoms with van der Waals surface area (Å²) in [5.74, 6) is 2.32. The van der Waals surface area contributed by atoms with Gasteiger partial charge in [0.2, 0.25) is 0 Å². The van der Waals surface area contributed by atoms with E-state index in [-0.39, 0.29) is 0 Å². The summed E-state index contributed by atoms with van der Waals surface area (Å²) >= 11 is 1.91. The maximum absolute atomic E-state index is 5.49. The van der Waals surface area contributed by atoms with Gasteiger partial charge in [0.25, 0.3) is 0 Å². The number of ether oxygens (including phenoxy) is 1. The van der Waals surface area contributed by atoms with Gasteiger partial charge in [-0.3, -0.25) is 0 Å². The van der Waals surface area contributed by atoms with Crippen molar-refractivity contribution in [3.63, 3.8) is 0 Å². The van der Waals surface area contributed by atoms with Gasteiger partial charge in [0.05, 0.1) is 6.61 Å². The van der Waals surface area contributed by atoms with Crippen molar-refractivity contribution in [1.82, 2.24) is 5.32 Å². The van der Waals surface area contributed by atoms with Crippen molar-refractivity contribution >= 4 is 11.8 Å². The lowest BCUT2D eigenvalue weighted by Gasteiger charge is -2.06. The minimum atomic E-state index is 0.847. The van der Waals surface area contributed by atoms with Crippen LogP contribution in [0.3, 0.4) is 0 Å². The predicted molar refractivity (Wildman–Crippen MR) is 70.3 cm³/mol. The maximum Gasteiger partial charge on any atom is 0.122 e. The number of hydrogen-bond donors (Lipinski definition) is 1. The number of rotatable bonds is 6. The van der Waals surface area contributed by atoms with E-state index in [1.807, 2.05) is 11.8 Å². The van der Waals surface area contributed by atoms with Crippen LogP contribution in [0.2, 0.25) is 0 Å². The Balaban J connectivity index is 1.77. The zero-order valence-electron chi connectivity index (χ0n) is 9.79. The standard InChI is InChI=1S/C13H19NOS/c1-16-8-2-6-14-10-11-3-4-13-12(9-11)5-7-15-13/h3-4,9,14H,2,5-8,10H2,1H3. The van der Waals surface area contributed by atoms with Gasteiger partial charge in [-0.2, -0.15) is 11.8 Å². The molecule has 2 nitrogen and oxygen atoms in total. The minimum absolute atomic E-state index is 0.847. The van der Waals surface area contributed by atoms with Crippen molar-refractivity contribution in [3.05, 3.63) is 29.3 Å². The van der Waals surface area contributed by atoms with Gasteiger partial charge in [0.1, 0.15) is 5.75 Å². The molecular weight excluding hydrogens is 218 g/mol. The molecular formula is C13H19NOS. The highest BCUT2D eigenvalue weighted by molar-refractivity contribution is 7.98. The number of fused-ring (bicyclic) bond motifs is 1. The van der Waals surface area contributed by atoms with E-state index in [0.29, 0.717) is 0 Å². The molecule has 3 heteroatoms. The lowest BCUT2D eigenvalue weighted by molar-refractivity contribution is 0.357. The smallest absolute Gasteiger partial charge is 0.122 e. The molecule has 1 aliphatic rings. The number of thioether (sulfide) groups is 1. The summed E-state index contributed by atoms with van der Waals surface area (Å²) in [4.78, 5) is 0. The fourth-order valence-electron chi connectivity index (χ4n) is 1.92. The second kappa shape index (κ2) is 6.16. The van der Waals surface area contributed by atoms with Crippen LogP contribution in [0.4, 0.5) is 0 Å². The van der Waals surface area contributed by atoms with Crippen LogP contribution in [0.5, 0.6) is 5.75 Å². The molecule has 1 N–H and O–H groups in total. The summed E-state index contributed by atoms with van der Waals surface area (Å²) in [5.41, 5.74) is 2.73. The zero-order chi connectivity index (χ0) is 11.2. The van der Waals surface area contributed by atoms with Gasteiger partial charge in [-0.15, -0.1) is 0 Å². The number of benzene rings is 1. The molecule has 1 heterocycles. The lowest BCUT2D eigenvalue weighted by Crippen LogP contribution is -2.15. The summed E-state index contributed by atoms with van der Waals surface area (Å²) in [6, 6.07) is 6.52. The van der Waals surface area contributed by atoms with Crippen molar-refractivity contribution in [2.45, 2.75) is 19.4 Å². The Morgan fingerprint density at radius 3 is 3.25 bits per heavy atom. The van der Waals surface area contributed by atoms with E-state index in [4.69, 9.17) is 4.74 Å². The molecule has 1 aromatic rings. The van der Waals surface area contributed by atoms with E-state index in [0.717, 1.165) is 31.9 Å². The average Bonchev–Trinajstić information content (AvgIpc) is 2.76. The Hall–Kier alpha value is -0.670. The molecule has 0 atom stereocenters. The fourth-order valence-corrected chi connectivity index (χ4v) is 2.36. The van der Waals surface area contributed by atoms with E-state index >= 15 is 0 Å². The van der Waals surface area contributed by atoms with E-state index < -0.39 is 0 Å². The van der Waals surface area contributed by atoms with Gasteiger partial charge in [-0.05, 0) is 42.2 Å². The van der Waals surface area contributed by atoms with Crippen molar-refractivity contribution in [2.75, 3.05) is 25.2 Å². The predicted octanol–water partition coefficient (Wildman–Crippen LogP) is 2.46. The van der Waals surface area contributed by atoms with Crippen LogP contribution >= 0.6 is 11.8 Å². The summed E-state index contributed by atoms with van der Waals surface area (Å²) in [6.45, 7) is 2.93. The molecule has 0 unspecified atom stereocenters. The molecule has 0 radical (unpaired) electrons. The second-order valence-electron chi connectivity index (χ2n) is 4.06. The van der Waals surface area contributed by atoms with Crippen molar-refractivity contribution < 1.29 is 4.74 Å². The van der Waals surface area contributed by atoms with Crippen LogP contribution in [-0.4, -0.2) is 25.2 Å². The third-order valence-corrected chi connectivity index (χ3v) is 3.48. The van der Waals surface area contributed by atoms with Gasteiger partial charge in [0, 0.05) is 13.0 Å². The first-order valence-electron chi connectivity index (χ1n) is 5.84. The molecule has 0 aliphatic carbocycles. The summed E-state index contributed by atoms with van der Waals surface area (Å²) < 4.78 is 5.49. The first kappa shape index (κ1) is 11.8. The van der Waals surface area contributed by atoms with Crippen LogP contribution < -0.4 is 10.1 Å². The van der Waals surface area contributed by atoms with Gasteiger partial charge >= 0.3 is 0 Å². The molecule has 16 heavy (non-hydrogen) atoms. The Kier molecular flexibility index (Phi) is 4.55. The highest BCUT2D eigenvalue weighted by Gasteiger charge is 2.11. The summed E-state index contributed by atoms with van der Waals surface area (Å²) in [5, 5.41) is 3.47. The Morgan fingerprint density at radius 2 is 2.38 bits per heavy atom. The van der Waals surface area contributed by atoms with E-state index in [9.17, 15) is 0 Å². The molecule has 0 spiro atoms. The normalized spacial score (nSPS) is 13.6. The first-order valence-corrected chi connectivity index (χ1v) is 7.24. The van der Waals surface area contributed by atoms with Crippen LogP contribution in [0.25, 0.3) is 0 Å². The van der Waals surface area contributed by atoms with Crippen LogP contribution in [-0.2, 0) is 13.0 Å². The maximum atomic E-state index is 5.49. The number of hydrogen-bond acceptors (Lipinski definition) is 3. The average molecular weight is 237 g/mol. The third-order valence-electron chi connectivity index (χ3n) is 2.79. The third kappa shape index (κ3) is 3.16. The molecule has 88 valence electrons. The molecule has 1 aromatic carbocycles. The van der Waals surface area contributed by atoms with E-state index in [1.165, 1.54) is 23.3 Å². The highest BCUT2D eigenvalue weighted by Crippen LogP contribution is 2.25. The minimum Gasteiger partial charge on any atom is -0.493 e. The van der Waals surface area contributed by atoms with Gasteiger partial charge in [-0.1, -0.05) is 12.1 Å². The lowest BCUT2D eigenvalue weighted by atomic mass is 10.1. The van der Waals surface area contributed by atoms with Crippen LogP contribution in [0.1, 0.15) is 17.5 Å². The molecule has 0 aromatic heterocycles. The molecule has 0 saturated carbocycles. The topological polar surface area (TPSA) is 21.3 Å². The highest BCUT2D eigenvalue weighted by atomic mass is 32.2. The van der Waals surface area contributed by atoms with Crippen molar-refractivity contribution in [1.29, 1.82) is 0 Å². The Morgan fingerprint density at radius 1 is 1.44 bits per heavy atom. The second-order valence-corrected chi connectivity index (χ2v) is 5.05. The molecule has 0 amide bonds. The first-order chi connectivity index (χ1) is 7.90. The fraction of sp³-hybridized carbons (Fsp3) is 0.538. The van der Waals surface area contributed by atoms with Crippen molar-refractivity contribution in [3.8, 4) is 5.75 Å². The Bertz CT molecular complexity index is 341. The van der Waals surface area contributed by atoms with Crippen LogP contribution in [0.15, 0.2) is 18.2 Å². The van der Waals surface area contributed by atoms with E-state index in [1.54, 1.807) is 0 Å². The van der Waals surface area contributed by atoms with E-state index in [2.05, 4.69) is 29.8 Å². The molecule has 0 saturated heterocycles. The van der Waals surface area contributed by atoms with Gasteiger partial charge < -0.3 is 10.1 Å². The summed E-state index contributed by atoms with van der Waals surface area (Å²) in [6.07, 6.45) is 4.46. The largest absolute Gasteiger partial charge is 0.493 e. The molecule has 0 bridgehead atoms. The molecule has 2 rings (SSSR count). The number of nitrogens with one attached hydrogen (secondary N) is 1. The molecule has 1 aliphatic heterocycles. The monoisotopic (exact) mass is 237 g/mol. The van der Waals surface area contributed by atoms with Crippen molar-refractivity contribution in [2.24, 2.45) is 0 Å². The van der Waals surface area contributed by atoms with Gasteiger partial charge in [-0.25, -0.2) is 0 Å². The SMILES string of the molecule is CSCCCNCc1ccc2c(c1)CCO2. The zero-order valence-corrected chi connectivity index (χ0v) is 10.6. The quantitative estimate of drug-likeness (QED) is 0.768. The Labute approximate surface area is 102 Å². The molecule has 0 fully saturated rings. The summed E-state index contributed by atoms with van der Waals surface area (Å²) in [7, 11) is 0. The van der Waals surface area contributed by atoms with Gasteiger partial charge in [0.15, 0.2) is 0 Å².